The van der Waals surface area contributed by atoms with E-state index in [-0.39, 0.29) is 5.83 Å². The predicted octanol–water partition coefficient (Wildman–Crippen LogP) is 4.18. The van der Waals surface area contributed by atoms with Gasteiger partial charge in [0.1, 0.15) is 11.2 Å². The third-order valence-electron chi connectivity index (χ3n) is 2.51. The Balaban J connectivity index is 2.20. The van der Waals surface area contributed by atoms with Crippen LogP contribution < -0.4 is 0 Å². The molecule has 0 amide bonds. The Bertz CT molecular complexity index is 506. The van der Waals surface area contributed by atoms with Crippen LogP contribution in [0.2, 0.25) is 0 Å². The normalized spacial score (nSPS) is 14.9. The Morgan fingerprint density at radius 3 is 2.62 bits per heavy atom. The van der Waals surface area contributed by atoms with Crippen molar-refractivity contribution >= 4 is 17.3 Å². The highest BCUT2D eigenvalue weighted by molar-refractivity contribution is 8.07. The second kappa shape index (κ2) is 4.54. The summed E-state index contributed by atoms with van der Waals surface area (Å²) < 4.78 is 13.4. The van der Waals surface area contributed by atoms with Gasteiger partial charge in [0.15, 0.2) is 0 Å². The highest BCUT2D eigenvalue weighted by atomic mass is 32.2. The van der Waals surface area contributed by atoms with E-state index < -0.39 is 0 Å². The minimum atomic E-state index is -0.276. The van der Waals surface area contributed by atoms with Crippen molar-refractivity contribution in [1.29, 1.82) is 5.26 Å². The molecule has 16 heavy (non-hydrogen) atoms. The molecule has 1 aliphatic rings. The van der Waals surface area contributed by atoms with Crippen molar-refractivity contribution < 1.29 is 4.39 Å². The van der Waals surface area contributed by atoms with E-state index in [0.29, 0.717) is 11.3 Å². The van der Waals surface area contributed by atoms with E-state index in [9.17, 15) is 4.39 Å². The average molecular weight is 231 g/mol. The van der Waals surface area contributed by atoms with Gasteiger partial charge in [0.05, 0.1) is 0 Å². The van der Waals surface area contributed by atoms with Gasteiger partial charge in [-0.1, -0.05) is 29.8 Å². The fraction of sp³-hybridized carbons (Fsp3) is 0.154. The van der Waals surface area contributed by atoms with Gasteiger partial charge in [-0.3, -0.25) is 0 Å². The quantitative estimate of drug-likeness (QED) is 0.713. The first kappa shape index (κ1) is 11.0. The molecular formula is C13H10FNS. The summed E-state index contributed by atoms with van der Waals surface area (Å²) in [6, 6.07) is 7.97. The lowest BCUT2D eigenvalue weighted by Gasteiger charge is -2.03. The van der Waals surface area contributed by atoms with Gasteiger partial charge in [-0.25, -0.2) is 4.39 Å². The molecule has 0 saturated carbocycles. The Morgan fingerprint density at radius 2 is 2.00 bits per heavy atom. The number of aryl methyl sites for hydroxylation is 1. The van der Waals surface area contributed by atoms with Gasteiger partial charge in [-0.15, -0.1) is 0 Å². The van der Waals surface area contributed by atoms with E-state index in [1.54, 1.807) is 0 Å². The number of hydrogen-bond acceptors (Lipinski definition) is 2. The van der Waals surface area contributed by atoms with Crippen LogP contribution in [-0.4, -0.2) is 0 Å². The van der Waals surface area contributed by atoms with E-state index in [1.165, 1.54) is 11.6 Å². The minimum Gasteiger partial charge on any atom is -0.206 e. The third kappa shape index (κ3) is 2.17. The van der Waals surface area contributed by atoms with Gasteiger partial charge in [0.2, 0.25) is 0 Å². The molecule has 3 heteroatoms. The smallest absolute Gasteiger partial charge is 0.138 e. The van der Waals surface area contributed by atoms with Crippen molar-refractivity contribution in [2.24, 2.45) is 0 Å². The summed E-state index contributed by atoms with van der Waals surface area (Å²) >= 11 is 0.907. The van der Waals surface area contributed by atoms with Crippen LogP contribution in [0.5, 0.6) is 0 Å². The first-order valence-corrected chi connectivity index (χ1v) is 5.74. The molecule has 0 unspecified atom stereocenters. The van der Waals surface area contributed by atoms with Crippen molar-refractivity contribution in [3.8, 4) is 5.40 Å². The largest absolute Gasteiger partial charge is 0.206 e. The van der Waals surface area contributed by atoms with E-state index in [4.69, 9.17) is 5.26 Å². The molecule has 2 rings (SSSR count). The molecule has 0 aromatic heterocycles. The minimum absolute atomic E-state index is 0.276. The number of thioether (sulfide) groups is 1. The highest BCUT2D eigenvalue weighted by Gasteiger charge is 2.17. The molecule has 0 spiro atoms. The van der Waals surface area contributed by atoms with Gasteiger partial charge in [0.25, 0.3) is 0 Å². The lowest BCUT2D eigenvalue weighted by molar-refractivity contribution is 0.666. The number of thiocyanates is 1. The van der Waals surface area contributed by atoms with Crippen molar-refractivity contribution in [2.75, 3.05) is 0 Å². The van der Waals surface area contributed by atoms with Crippen LogP contribution in [0.25, 0.3) is 5.57 Å². The van der Waals surface area contributed by atoms with Crippen molar-refractivity contribution in [1.82, 2.24) is 0 Å². The summed E-state index contributed by atoms with van der Waals surface area (Å²) in [4.78, 5) is 0.512. The molecule has 1 aromatic rings. The van der Waals surface area contributed by atoms with Crippen molar-refractivity contribution in [3.63, 3.8) is 0 Å². The summed E-state index contributed by atoms with van der Waals surface area (Å²) in [5, 5.41) is 10.4. The Labute approximate surface area is 98.3 Å². The molecule has 1 aromatic carbocycles. The topological polar surface area (TPSA) is 23.8 Å². The maximum absolute atomic E-state index is 13.4. The number of nitrogens with zero attached hydrogens (tertiary/aromatic N) is 1. The monoisotopic (exact) mass is 231 g/mol. The molecule has 1 nitrogen and oxygen atoms in total. The van der Waals surface area contributed by atoms with Crippen molar-refractivity contribution in [2.45, 2.75) is 13.3 Å². The standard InChI is InChI=1S/C13H10FNS/c1-9-2-4-10(5-3-9)11-6-12(14)13(7-11)16-8-15/h2-6H,7H2,1H3. The fourth-order valence-corrected chi connectivity index (χ4v) is 2.13. The second-order valence-corrected chi connectivity index (χ2v) is 4.56. The summed E-state index contributed by atoms with van der Waals surface area (Å²) in [6.07, 6.45) is 2.04. The van der Waals surface area contributed by atoms with Gasteiger partial charge in [0, 0.05) is 11.3 Å². The Kier molecular flexibility index (Phi) is 3.12. The first-order valence-electron chi connectivity index (χ1n) is 4.93. The first-order chi connectivity index (χ1) is 7.70. The molecule has 0 fully saturated rings. The molecular weight excluding hydrogens is 221 g/mol. The zero-order chi connectivity index (χ0) is 11.5. The Morgan fingerprint density at radius 1 is 1.31 bits per heavy atom. The number of hydrogen-bond donors (Lipinski definition) is 0. The second-order valence-electron chi connectivity index (χ2n) is 3.68. The van der Waals surface area contributed by atoms with Crippen LogP contribution in [0.1, 0.15) is 17.5 Å². The maximum Gasteiger partial charge on any atom is 0.138 e. The van der Waals surface area contributed by atoms with E-state index in [2.05, 4.69) is 0 Å². The van der Waals surface area contributed by atoms with Crippen molar-refractivity contribution in [3.05, 3.63) is 52.2 Å². The third-order valence-corrected chi connectivity index (χ3v) is 3.19. The molecule has 0 atom stereocenters. The van der Waals surface area contributed by atoms with Gasteiger partial charge >= 0.3 is 0 Å². The summed E-state index contributed by atoms with van der Waals surface area (Å²) in [7, 11) is 0. The van der Waals surface area contributed by atoms with Crippen LogP contribution in [-0.2, 0) is 0 Å². The van der Waals surface area contributed by atoms with Crippen LogP contribution in [0.15, 0.2) is 41.1 Å². The molecule has 0 heterocycles. The van der Waals surface area contributed by atoms with Crippen LogP contribution in [0.4, 0.5) is 4.39 Å². The summed E-state index contributed by atoms with van der Waals surface area (Å²) in [5.41, 5.74) is 3.15. The fourth-order valence-electron chi connectivity index (χ4n) is 1.63. The van der Waals surface area contributed by atoms with Crippen LogP contribution in [0.3, 0.4) is 0 Å². The van der Waals surface area contributed by atoms with E-state index >= 15 is 0 Å². The molecule has 0 bridgehead atoms. The summed E-state index contributed by atoms with van der Waals surface area (Å²) in [5.74, 6) is -0.276. The number of benzene rings is 1. The van der Waals surface area contributed by atoms with Gasteiger partial charge in [-0.05, 0) is 35.9 Å². The van der Waals surface area contributed by atoms with Gasteiger partial charge in [-0.2, -0.15) is 5.26 Å². The molecule has 0 saturated heterocycles. The van der Waals surface area contributed by atoms with Gasteiger partial charge < -0.3 is 0 Å². The zero-order valence-electron chi connectivity index (χ0n) is 8.83. The highest BCUT2D eigenvalue weighted by Crippen LogP contribution is 2.38. The Hall–Kier alpha value is -1.53. The van der Waals surface area contributed by atoms with E-state index in [1.807, 2.05) is 36.6 Å². The number of nitriles is 1. The van der Waals surface area contributed by atoms with Crippen LogP contribution >= 0.6 is 11.8 Å². The number of rotatable bonds is 2. The lowest BCUT2D eigenvalue weighted by atomic mass is 10.0. The predicted molar refractivity (Wildman–Crippen MR) is 65.1 cm³/mol. The van der Waals surface area contributed by atoms with E-state index in [0.717, 1.165) is 22.9 Å². The summed E-state index contributed by atoms with van der Waals surface area (Å²) in [6.45, 7) is 2.02. The molecule has 0 radical (unpaired) electrons. The maximum atomic E-state index is 13.4. The number of halogens is 1. The molecule has 0 N–H and O–H groups in total. The molecule has 0 aliphatic heterocycles. The SMILES string of the molecule is Cc1ccc(C2=CC(F)=C(SC#N)C2)cc1. The van der Waals surface area contributed by atoms with Crippen LogP contribution in [0, 0.1) is 17.6 Å². The number of allylic oxidation sites excluding steroid dienone is 4. The lowest BCUT2D eigenvalue weighted by Crippen LogP contribution is -1.82. The molecule has 1 aliphatic carbocycles. The zero-order valence-corrected chi connectivity index (χ0v) is 9.64. The molecule has 80 valence electrons. The average Bonchev–Trinajstić information content (AvgIpc) is 2.62.